The highest BCUT2D eigenvalue weighted by Crippen LogP contribution is 2.11. The van der Waals surface area contributed by atoms with Crippen LogP contribution in [0.25, 0.3) is 10.2 Å². The first-order chi connectivity index (χ1) is 6.24. The van der Waals surface area contributed by atoms with Crippen LogP contribution in [0, 0.1) is 0 Å². The van der Waals surface area contributed by atoms with Gasteiger partial charge in [-0.1, -0.05) is 0 Å². The molecule has 2 aromatic rings. The van der Waals surface area contributed by atoms with Crippen LogP contribution in [0.4, 0.5) is 0 Å². The Morgan fingerprint density at radius 2 is 2.31 bits per heavy atom. The summed E-state index contributed by atoms with van der Waals surface area (Å²) in [5.41, 5.74) is 0.0966. The summed E-state index contributed by atoms with van der Waals surface area (Å²) >= 11 is 1.35. The van der Waals surface area contributed by atoms with E-state index in [1.165, 1.54) is 15.9 Å². The Morgan fingerprint density at radius 1 is 1.54 bits per heavy atom. The Kier molecular flexibility index (Phi) is 1.81. The Bertz CT molecular complexity index is 549. The summed E-state index contributed by atoms with van der Waals surface area (Å²) in [6.07, 6.45) is 0. The second-order valence-electron chi connectivity index (χ2n) is 2.64. The number of rotatable bonds is 1. The number of nitrogens with one attached hydrogen (secondary N) is 1. The number of aromatic amines is 1. The molecule has 68 valence electrons. The summed E-state index contributed by atoms with van der Waals surface area (Å²) in [6, 6.07) is 1.74. The van der Waals surface area contributed by atoms with Gasteiger partial charge in [0.1, 0.15) is 4.70 Å². The second kappa shape index (κ2) is 2.85. The highest BCUT2D eigenvalue weighted by atomic mass is 32.1. The smallest absolute Gasteiger partial charge is 0.306 e. The van der Waals surface area contributed by atoms with Gasteiger partial charge in [0, 0.05) is 6.54 Å². The SMILES string of the molecule is CCn1c(=O)[nH]c2ccsc2c1=O. The molecule has 2 heterocycles. The molecule has 0 saturated carbocycles. The van der Waals surface area contributed by atoms with Gasteiger partial charge >= 0.3 is 5.69 Å². The topological polar surface area (TPSA) is 54.9 Å². The fraction of sp³-hybridized carbons (Fsp3) is 0.250. The van der Waals surface area contributed by atoms with Gasteiger partial charge in [-0.05, 0) is 18.4 Å². The van der Waals surface area contributed by atoms with Crippen molar-refractivity contribution >= 4 is 21.6 Å². The maximum atomic E-state index is 11.6. The summed E-state index contributed by atoms with van der Waals surface area (Å²) in [7, 11) is 0. The molecule has 0 spiro atoms. The number of fused-ring (bicyclic) bond motifs is 1. The molecule has 0 aromatic carbocycles. The van der Waals surface area contributed by atoms with E-state index in [0.717, 1.165) is 0 Å². The van der Waals surface area contributed by atoms with Gasteiger partial charge < -0.3 is 4.98 Å². The van der Waals surface area contributed by atoms with Gasteiger partial charge in [0.2, 0.25) is 0 Å². The molecule has 0 saturated heterocycles. The minimum Gasteiger partial charge on any atom is -0.306 e. The highest BCUT2D eigenvalue weighted by molar-refractivity contribution is 7.17. The summed E-state index contributed by atoms with van der Waals surface area (Å²) in [5.74, 6) is 0. The molecule has 4 nitrogen and oxygen atoms in total. The van der Waals surface area contributed by atoms with E-state index in [4.69, 9.17) is 0 Å². The van der Waals surface area contributed by atoms with Gasteiger partial charge in [0.05, 0.1) is 5.52 Å². The van der Waals surface area contributed by atoms with E-state index in [0.29, 0.717) is 16.8 Å². The van der Waals surface area contributed by atoms with E-state index in [1.807, 2.05) is 0 Å². The molecule has 13 heavy (non-hydrogen) atoms. The number of hydrogen-bond acceptors (Lipinski definition) is 3. The molecular formula is C8H8N2O2S. The predicted molar refractivity (Wildman–Crippen MR) is 52.4 cm³/mol. The van der Waals surface area contributed by atoms with E-state index in [2.05, 4.69) is 4.98 Å². The summed E-state index contributed by atoms with van der Waals surface area (Å²) in [6.45, 7) is 2.18. The Labute approximate surface area is 77.5 Å². The molecule has 2 rings (SSSR count). The molecule has 0 aliphatic carbocycles. The van der Waals surface area contributed by atoms with E-state index in [9.17, 15) is 9.59 Å². The van der Waals surface area contributed by atoms with Gasteiger partial charge in [0.25, 0.3) is 5.56 Å². The van der Waals surface area contributed by atoms with Crippen molar-refractivity contribution in [3.8, 4) is 0 Å². The minimum atomic E-state index is -0.335. The maximum absolute atomic E-state index is 11.6. The van der Waals surface area contributed by atoms with Crippen LogP contribution in [-0.2, 0) is 6.54 Å². The lowest BCUT2D eigenvalue weighted by atomic mass is 10.4. The molecule has 0 aliphatic rings. The van der Waals surface area contributed by atoms with Crippen LogP contribution in [-0.4, -0.2) is 9.55 Å². The standard InChI is InChI=1S/C8H8N2O2S/c1-2-10-7(11)6-5(3-4-13-6)9-8(10)12/h3-4H,2H2,1H3,(H,9,12). The van der Waals surface area contributed by atoms with E-state index in [-0.39, 0.29) is 11.2 Å². The number of nitrogens with zero attached hydrogens (tertiary/aromatic N) is 1. The third-order valence-corrected chi connectivity index (χ3v) is 2.81. The zero-order chi connectivity index (χ0) is 9.42. The van der Waals surface area contributed by atoms with Gasteiger partial charge in [-0.15, -0.1) is 11.3 Å². The van der Waals surface area contributed by atoms with Crippen LogP contribution in [0.2, 0.25) is 0 Å². The van der Waals surface area contributed by atoms with Crippen molar-refractivity contribution in [2.45, 2.75) is 13.5 Å². The van der Waals surface area contributed by atoms with Crippen LogP contribution < -0.4 is 11.2 Å². The first-order valence-corrected chi connectivity index (χ1v) is 4.82. The van der Waals surface area contributed by atoms with E-state index >= 15 is 0 Å². The first-order valence-electron chi connectivity index (χ1n) is 3.94. The third-order valence-electron chi connectivity index (χ3n) is 1.91. The van der Waals surface area contributed by atoms with Crippen LogP contribution in [0.3, 0.4) is 0 Å². The number of H-pyrrole nitrogens is 1. The third kappa shape index (κ3) is 1.12. The first kappa shape index (κ1) is 8.25. The average Bonchev–Trinajstić information content (AvgIpc) is 2.53. The molecule has 0 aliphatic heterocycles. The van der Waals surface area contributed by atoms with Crippen molar-refractivity contribution in [1.29, 1.82) is 0 Å². The van der Waals surface area contributed by atoms with Crippen molar-refractivity contribution in [3.05, 3.63) is 32.3 Å². The number of hydrogen-bond donors (Lipinski definition) is 1. The zero-order valence-electron chi connectivity index (χ0n) is 7.03. The summed E-state index contributed by atoms with van der Waals surface area (Å²) < 4.78 is 1.81. The monoisotopic (exact) mass is 196 g/mol. The van der Waals surface area contributed by atoms with Crippen LogP contribution in [0.15, 0.2) is 21.0 Å². The second-order valence-corrected chi connectivity index (χ2v) is 3.56. The van der Waals surface area contributed by atoms with Crippen LogP contribution in [0.5, 0.6) is 0 Å². The fourth-order valence-corrected chi connectivity index (χ4v) is 2.06. The van der Waals surface area contributed by atoms with Crippen molar-refractivity contribution in [1.82, 2.24) is 9.55 Å². The molecule has 0 radical (unpaired) electrons. The molecule has 0 bridgehead atoms. The van der Waals surface area contributed by atoms with E-state index in [1.54, 1.807) is 18.4 Å². The Balaban J connectivity index is 3.02. The van der Waals surface area contributed by atoms with Crippen LogP contribution >= 0.6 is 11.3 Å². The van der Waals surface area contributed by atoms with Crippen molar-refractivity contribution in [2.24, 2.45) is 0 Å². The lowest BCUT2D eigenvalue weighted by molar-refractivity contribution is 0.685. The lowest BCUT2D eigenvalue weighted by Gasteiger charge is -1.98. The molecular weight excluding hydrogens is 188 g/mol. The highest BCUT2D eigenvalue weighted by Gasteiger charge is 2.05. The minimum absolute atomic E-state index is 0.198. The quantitative estimate of drug-likeness (QED) is 0.732. The predicted octanol–water partition coefficient (Wildman–Crippen LogP) is 0.771. The molecule has 0 amide bonds. The zero-order valence-corrected chi connectivity index (χ0v) is 7.85. The van der Waals surface area contributed by atoms with Gasteiger partial charge in [-0.2, -0.15) is 0 Å². The average molecular weight is 196 g/mol. The van der Waals surface area contributed by atoms with E-state index < -0.39 is 0 Å². The molecule has 0 atom stereocenters. The molecule has 1 N–H and O–H groups in total. The fourth-order valence-electron chi connectivity index (χ4n) is 1.26. The number of thiophene rings is 1. The molecule has 0 unspecified atom stereocenters. The van der Waals surface area contributed by atoms with Crippen molar-refractivity contribution in [3.63, 3.8) is 0 Å². The lowest BCUT2D eigenvalue weighted by Crippen LogP contribution is -2.33. The summed E-state index contributed by atoms with van der Waals surface area (Å²) in [5, 5.41) is 1.79. The van der Waals surface area contributed by atoms with Crippen molar-refractivity contribution < 1.29 is 0 Å². The van der Waals surface area contributed by atoms with Crippen molar-refractivity contribution in [2.75, 3.05) is 0 Å². The maximum Gasteiger partial charge on any atom is 0.328 e. The number of aromatic nitrogens is 2. The Morgan fingerprint density at radius 3 is 3.00 bits per heavy atom. The Hall–Kier alpha value is -1.36. The molecule has 2 aromatic heterocycles. The van der Waals surface area contributed by atoms with Gasteiger partial charge in [-0.25, -0.2) is 4.79 Å². The van der Waals surface area contributed by atoms with Gasteiger partial charge in [0.15, 0.2) is 0 Å². The van der Waals surface area contributed by atoms with Gasteiger partial charge in [-0.3, -0.25) is 9.36 Å². The molecule has 5 heteroatoms. The normalized spacial score (nSPS) is 10.8. The molecule has 0 fully saturated rings. The van der Waals surface area contributed by atoms with Crippen LogP contribution in [0.1, 0.15) is 6.92 Å². The largest absolute Gasteiger partial charge is 0.328 e. The summed E-state index contributed by atoms with van der Waals surface area (Å²) in [4.78, 5) is 25.5.